The van der Waals surface area contributed by atoms with E-state index in [0.29, 0.717) is 29.4 Å². The third-order valence-corrected chi connectivity index (χ3v) is 3.72. The van der Waals surface area contributed by atoms with E-state index in [4.69, 9.17) is 17.3 Å². The van der Waals surface area contributed by atoms with Crippen LogP contribution in [0.2, 0.25) is 5.02 Å². The summed E-state index contributed by atoms with van der Waals surface area (Å²) in [7, 11) is 0. The fourth-order valence-electron chi connectivity index (χ4n) is 2.34. The lowest BCUT2D eigenvalue weighted by Gasteiger charge is -2.15. The van der Waals surface area contributed by atoms with Crippen molar-refractivity contribution >= 4 is 23.2 Å². The predicted molar refractivity (Wildman–Crippen MR) is 75.9 cm³/mol. The second-order valence-electron chi connectivity index (χ2n) is 4.67. The van der Waals surface area contributed by atoms with Crippen LogP contribution in [-0.2, 0) is 13.1 Å². The van der Waals surface area contributed by atoms with E-state index < -0.39 is 0 Å². The number of carbonyl (C=O) groups excluding carboxylic acids is 1. The Labute approximate surface area is 116 Å². The molecule has 0 fully saturated rings. The quantitative estimate of drug-likeness (QED) is 0.811. The molecule has 1 aliphatic heterocycles. The molecule has 19 heavy (non-hydrogen) atoms. The Balaban J connectivity index is 1.85. The van der Waals surface area contributed by atoms with Gasteiger partial charge in [-0.1, -0.05) is 35.9 Å². The number of benzene rings is 2. The first-order chi connectivity index (χ1) is 9.15. The Morgan fingerprint density at radius 1 is 1.11 bits per heavy atom. The first-order valence-corrected chi connectivity index (χ1v) is 6.44. The molecule has 2 aromatic rings. The smallest absolute Gasteiger partial charge is 0.254 e. The molecule has 0 spiro atoms. The lowest BCUT2D eigenvalue weighted by Crippen LogP contribution is -2.25. The lowest BCUT2D eigenvalue weighted by molar-refractivity contribution is 0.0751. The van der Waals surface area contributed by atoms with Crippen LogP contribution in [0.4, 0.5) is 5.69 Å². The second kappa shape index (κ2) is 4.59. The zero-order chi connectivity index (χ0) is 13.4. The maximum absolute atomic E-state index is 12.4. The molecule has 0 aliphatic carbocycles. The maximum atomic E-state index is 12.4. The monoisotopic (exact) mass is 272 g/mol. The first kappa shape index (κ1) is 12.1. The first-order valence-electron chi connectivity index (χ1n) is 6.06. The fourth-order valence-corrected chi connectivity index (χ4v) is 2.45. The molecule has 3 rings (SSSR count). The van der Waals surface area contributed by atoms with Crippen molar-refractivity contribution in [3.63, 3.8) is 0 Å². The highest BCUT2D eigenvalue weighted by Crippen LogP contribution is 2.26. The van der Waals surface area contributed by atoms with E-state index in [9.17, 15) is 4.79 Å². The van der Waals surface area contributed by atoms with Crippen LogP contribution in [0.1, 0.15) is 21.5 Å². The van der Waals surface area contributed by atoms with Crippen LogP contribution in [0.3, 0.4) is 0 Å². The standard InChI is InChI=1S/C15H13ClN2O/c16-13-6-5-10(7-14(13)17)15(19)18-8-11-3-1-2-4-12(11)9-18/h1-7H,8-9,17H2. The van der Waals surface area contributed by atoms with Gasteiger partial charge in [-0.3, -0.25) is 4.79 Å². The second-order valence-corrected chi connectivity index (χ2v) is 5.07. The summed E-state index contributed by atoms with van der Waals surface area (Å²) in [5.74, 6) is -0.0143. The zero-order valence-electron chi connectivity index (χ0n) is 10.3. The summed E-state index contributed by atoms with van der Waals surface area (Å²) in [6.45, 7) is 1.30. The van der Waals surface area contributed by atoms with E-state index in [-0.39, 0.29) is 5.91 Å². The van der Waals surface area contributed by atoms with Crippen LogP contribution in [0.5, 0.6) is 0 Å². The maximum Gasteiger partial charge on any atom is 0.254 e. The van der Waals surface area contributed by atoms with E-state index in [0.717, 1.165) is 0 Å². The average molecular weight is 273 g/mol. The molecular weight excluding hydrogens is 260 g/mol. The highest BCUT2D eigenvalue weighted by atomic mass is 35.5. The minimum atomic E-state index is -0.0143. The third-order valence-electron chi connectivity index (χ3n) is 3.37. The van der Waals surface area contributed by atoms with Crippen molar-refractivity contribution < 1.29 is 4.79 Å². The number of amides is 1. The molecule has 4 heteroatoms. The van der Waals surface area contributed by atoms with Gasteiger partial charge in [-0.15, -0.1) is 0 Å². The molecule has 3 nitrogen and oxygen atoms in total. The minimum absolute atomic E-state index is 0.0143. The van der Waals surface area contributed by atoms with Gasteiger partial charge in [0.1, 0.15) is 0 Å². The zero-order valence-corrected chi connectivity index (χ0v) is 11.0. The summed E-state index contributed by atoms with van der Waals surface area (Å²) in [6, 6.07) is 13.1. The SMILES string of the molecule is Nc1cc(C(=O)N2Cc3ccccc3C2)ccc1Cl. The predicted octanol–water partition coefficient (Wildman–Crippen LogP) is 3.08. The molecule has 2 aromatic carbocycles. The van der Waals surface area contributed by atoms with Crippen LogP contribution in [0.15, 0.2) is 42.5 Å². The van der Waals surface area contributed by atoms with Crippen molar-refractivity contribution in [3.8, 4) is 0 Å². The summed E-state index contributed by atoms with van der Waals surface area (Å²) >= 11 is 5.87. The van der Waals surface area contributed by atoms with Gasteiger partial charge in [-0.2, -0.15) is 0 Å². The van der Waals surface area contributed by atoms with E-state index in [1.165, 1.54) is 11.1 Å². The Bertz CT molecular complexity index is 629. The van der Waals surface area contributed by atoms with Crippen molar-refractivity contribution in [1.29, 1.82) is 0 Å². The van der Waals surface area contributed by atoms with Gasteiger partial charge >= 0.3 is 0 Å². The summed E-state index contributed by atoms with van der Waals surface area (Å²) in [6.07, 6.45) is 0. The van der Waals surface area contributed by atoms with E-state index in [1.54, 1.807) is 18.2 Å². The van der Waals surface area contributed by atoms with Gasteiger partial charge in [0.25, 0.3) is 5.91 Å². The molecule has 0 radical (unpaired) electrons. The van der Waals surface area contributed by atoms with Gasteiger partial charge in [0.05, 0.1) is 10.7 Å². The number of fused-ring (bicyclic) bond motifs is 1. The lowest BCUT2D eigenvalue weighted by atomic mass is 10.1. The molecular formula is C15H13ClN2O. The normalized spacial score (nSPS) is 13.4. The van der Waals surface area contributed by atoms with Gasteiger partial charge in [0.2, 0.25) is 0 Å². The number of nitrogens with two attached hydrogens (primary N) is 1. The number of hydrogen-bond acceptors (Lipinski definition) is 2. The van der Waals surface area contributed by atoms with Crippen LogP contribution in [0.25, 0.3) is 0 Å². The Morgan fingerprint density at radius 3 is 2.32 bits per heavy atom. The van der Waals surface area contributed by atoms with Crippen molar-refractivity contribution in [2.75, 3.05) is 5.73 Å². The topological polar surface area (TPSA) is 46.3 Å². The molecule has 1 amide bonds. The summed E-state index contributed by atoms with van der Waals surface area (Å²) in [4.78, 5) is 14.2. The molecule has 96 valence electrons. The number of nitrogen functional groups attached to an aromatic ring is 1. The molecule has 1 heterocycles. The summed E-state index contributed by atoms with van der Waals surface area (Å²) < 4.78 is 0. The van der Waals surface area contributed by atoms with Gasteiger partial charge in [0.15, 0.2) is 0 Å². The van der Waals surface area contributed by atoms with Crippen molar-refractivity contribution in [2.45, 2.75) is 13.1 Å². The highest BCUT2D eigenvalue weighted by molar-refractivity contribution is 6.33. The van der Waals surface area contributed by atoms with Crippen molar-refractivity contribution in [2.24, 2.45) is 0 Å². The van der Waals surface area contributed by atoms with Crippen LogP contribution < -0.4 is 5.73 Å². The molecule has 0 saturated carbocycles. The summed E-state index contributed by atoms with van der Waals surface area (Å²) in [5.41, 5.74) is 9.16. The van der Waals surface area contributed by atoms with E-state index in [2.05, 4.69) is 12.1 Å². The number of halogens is 1. The van der Waals surface area contributed by atoms with Crippen LogP contribution >= 0.6 is 11.6 Å². The molecule has 0 aromatic heterocycles. The largest absolute Gasteiger partial charge is 0.398 e. The molecule has 0 bridgehead atoms. The Morgan fingerprint density at radius 2 is 1.74 bits per heavy atom. The number of rotatable bonds is 1. The average Bonchev–Trinajstić information content (AvgIpc) is 2.85. The fraction of sp³-hybridized carbons (Fsp3) is 0.133. The van der Waals surface area contributed by atoms with Crippen molar-refractivity contribution in [1.82, 2.24) is 4.90 Å². The van der Waals surface area contributed by atoms with Gasteiger partial charge in [0, 0.05) is 18.7 Å². The van der Waals surface area contributed by atoms with Crippen LogP contribution in [0, 0.1) is 0 Å². The minimum Gasteiger partial charge on any atom is -0.398 e. The van der Waals surface area contributed by atoms with Gasteiger partial charge < -0.3 is 10.6 Å². The van der Waals surface area contributed by atoms with Gasteiger partial charge in [-0.25, -0.2) is 0 Å². The van der Waals surface area contributed by atoms with Gasteiger partial charge in [-0.05, 0) is 29.3 Å². The molecule has 0 unspecified atom stereocenters. The highest BCUT2D eigenvalue weighted by Gasteiger charge is 2.23. The Kier molecular flexibility index (Phi) is 2.91. The number of anilines is 1. The number of nitrogens with zero attached hydrogens (tertiary/aromatic N) is 1. The summed E-state index contributed by atoms with van der Waals surface area (Å²) in [5, 5.41) is 0.473. The number of hydrogen-bond donors (Lipinski definition) is 1. The van der Waals surface area contributed by atoms with Crippen molar-refractivity contribution in [3.05, 3.63) is 64.2 Å². The third kappa shape index (κ3) is 2.17. The van der Waals surface area contributed by atoms with E-state index >= 15 is 0 Å². The molecule has 2 N–H and O–H groups in total. The Hall–Kier alpha value is -2.00. The molecule has 1 aliphatic rings. The number of carbonyl (C=O) groups is 1. The van der Waals surface area contributed by atoms with E-state index in [1.807, 2.05) is 17.0 Å². The molecule has 0 saturated heterocycles. The molecule has 0 atom stereocenters. The van der Waals surface area contributed by atoms with Crippen LogP contribution in [-0.4, -0.2) is 10.8 Å².